The quantitative estimate of drug-likeness (QED) is 0.784. The number of imide groups is 1. The number of esters is 1. The summed E-state index contributed by atoms with van der Waals surface area (Å²) in [6, 6.07) is 2.04. The molecule has 2 rings (SSSR count). The van der Waals surface area contributed by atoms with Gasteiger partial charge >= 0.3 is 12.0 Å². The van der Waals surface area contributed by atoms with Gasteiger partial charge in [0.2, 0.25) is 0 Å². The van der Waals surface area contributed by atoms with Crippen LogP contribution in [-0.4, -0.2) is 43.8 Å². The lowest BCUT2D eigenvalue weighted by atomic mass is 10.2. The monoisotopic (exact) mass is 370 g/mol. The summed E-state index contributed by atoms with van der Waals surface area (Å²) in [7, 11) is 0. The summed E-state index contributed by atoms with van der Waals surface area (Å²) in [5, 5.41) is 4.75. The number of hydrogen-bond acceptors (Lipinski definition) is 6. The molecule has 1 aliphatic heterocycles. The van der Waals surface area contributed by atoms with Gasteiger partial charge in [-0.1, -0.05) is 11.6 Å². The SMILES string of the molecule is CC(C)NC(=O)NC(=O)COC(=O)c1cc(Cl)c2c(c1)OCCCO2. The molecule has 136 valence electrons. The molecule has 2 N–H and O–H groups in total. The summed E-state index contributed by atoms with van der Waals surface area (Å²) < 4.78 is 15.8. The Morgan fingerprint density at radius 2 is 1.96 bits per heavy atom. The fourth-order valence-corrected chi connectivity index (χ4v) is 2.29. The molecule has 0 bridgehead atoms. The van der Waals surface area contributed by atoms with Crippen LogP contribution in [0.4, 0.5) is 4.79 Å². The molecule has 25 heavy (non-hydrogen) atoms. The molecule has 1 aliphatic rings. The van der Waals surface area contributed by atoms with Gasteiger partial charge in [0.1, 0.15) is 0 Å². The van der Waals surface area contributed by atoms with Gasteiger partial charge in [-0.2, -0.15) is 0 Å². The van der Waals surface area contributed by atoms with Gasteiger partial charge in [0.05, 0.1) is 23.8 Å². The molecule has 0 aromatic heterocycles. The Labute approximate surface area is 149 Å². The van der Waals surface area contributed by atoms with Crippen LogP contribution in [0.3, 0.4) is 0 Å². The smallest absolute Gasteiger partial charge is 0.338 e. The largest absolute Gasteiger partial charge is 0.489 e. The van der Waals surface area contributed by atoms with Crippen molar-refractivity contribution in [2.75, 3.05) is 19.8 Å². The highest BCUT2D eigenvalue weighted by Crippen LogP contribution is 2.38. The van der Waals surface area contributed by atoms with E-state index in [9.17, 15) is 14.4 Å². The zero-order chi connectivity index (χ0) is 18.4. The molecule has 0 spiro atoms. The summed E-state index contributed by atoms with van der Waals surface area (Å²) in [6.07, 6.45) is 0.698. The second-order valence-electron chi connectivity index (χ2n) is 5.59. The second kappa shape index (κ2) is 8.57. The minimum absolute atomic E-state index is 0.119. The number of carbonyl (C=O) groups excluding carboxylic acids is 3. The van der Waals surface area contributed by atoms with Crippen molar-refractivity contribution in [3.63, 3.8) is 0 Å². The average Bonchev–Trinajstić information content (AvgIpc) is 2.77. The maximum Gasteiger partial charge on any atom is 0.338 e. The van der Waals surface area contributed by atoms with E-state index in [2.05, 4.69) is 10.6 Å². The first-order valence-corrected chi connectivity index (χ1v) is 8.11. The Balaban J connectivity index is 1.95. The molecule has 1 aromatic carbocycles. The van der Waals surface area contributed by atoms with Crippen LogP contribution in [-0.2, 0) is 9.53 Å². The van der Waals surface area contributed by atoms with Gasteiger partial charge in [0.25, 0.3) is 5.91 Å². The lowest BCUT2D eigenvalue weighted by Gasteiger charge is -2.12. The minimum atomic E-state index is -0.767. The summed E-state index contributed by atoms with van der Waals surface area (Å²) in [4.78, 5) is 35.1. The number of benzene rings is 1. The van der Waals surface area contributed by atoms with E-state index < -0.39 is 24.5 Å². The molecular formula is C16H19ClN2O6. The molecule has 0 saturated carbocycles. The van der Waals surface area contributed by atoms with E-state index in [1.165, 1.54) is 12.1 Å². The number of fused-ring (bicyclic) bond motifs is 1. The van der Waals surface area contributed by atoms with E-state index >= 15 is 0 Å². The fraction of sp³-hybridized carbons (Fsp3) is 0.438. The van der Waals surface area contributed by atoms with Crippen LogP contribution >= 0.6 is 11.6 Å². The molecule has 3 amide bonds. The van der Waals surface area contributed by atoms with Crippen LogP contribution in [0.1, 0.15) is 30.6 Å². The van der Waals surface area contributed by atoms with Crippen LogP contribution < -0.4 is 20.1 Å². The molecule has 0 unspecified atom stereocenters. The van der Waals surface area contributed by atoms with Gasteiger partial charge in [-0.3, -0.25) is 10.1 Å². The minimum Gasteiger partial charge on any atom is -0.489 e. The van der Waals surface area contributed by atoms with Gasteiger partial charge in [-0.25, -0.2) is 9.59 Å². The number of ether oxygens (including phenoxy) is 3. The lowest BCUT2D eigenvalue weighted by molar-refractivity contribution is -0.123. The Kier molecular flexibility index (Phi) is 6.46. The number of nitrogens with one attached hydrogen (secondary N) is 2. The van der Waals surface area contributed by atoms with E-state index in [-0.39, 0.29) is 16.6 Å². The van der Waals surface area contributed by atoms with Crippen LogP contribution in [0.15, 0.2) is 12.1 Å². The van der Waals surface area contributed by atoms with Crippen molar-refractivity contribution < 1.29 is 28.6 Å². The maximum absolute atomic E-state index is 12.1. The second-order valence-corrected chi connectivity index (χ2v) is 6.00. The molecule has 0 radical (unpaired) electrons. The van der Waals surface area contributed by atoms with Crippen LogP contribution in [0, 0.1) is 0 Å². The number of urea groups is 1. The molecule has 0 fully saturated rings. The van der Waals surface area contributed by atoms with Crippen molar-refractivity contribution in [3.05, 3.63) is 22.7 Å². The molecule has 0 saturated heterocycles. The molecule has 0 atom stereocenters. The number of halogens is 1. The van der Waals surface area contributed by atoms with Crippen LogP contribution in [0.5, 0.6) is 11.5 Å². The summed E-state index contributed by atoms with van der Waals surface area (Å²) in [5.74, 6) is -0.791. The Morgan fingerprint density at radius 1 is 1.24 bits per heavy atom. The van der Waals surface area contributed by atoms with Gasteiger partial charge in [-0.15, -0.1) is 0 Å². The maximum atomic E-state index is 12.1. The number of amides is 3. The summed E-state index contributed by atoms with van der Waals surface area (Å²) in [5.41, 5.74) is 0.119. The normalized spacial score (nSPS) is 13.0. The Bertz CT molecular complexity index is 677. The van der Waals surface area contributed by atoms with Crippen molar-refractivity contribution in [1.29, 1.82) is 0 Å². The Hall–Kier alpha value is -2.48. The average molecular weight is 371 g/mol. The lowest BCUT2D eigenvalue weighted by Crippen LogP contribution is -2.44. The predicted molar refractivity (Wildman–Crippen MR) is 89.2 cm³/mol. The molecular weight excluding hydrogens is 352 g/mol. The van der Waals surface area contributed by atoms with E-state index in [4.69, 9.17) is 25.8 Å². The first-order valence-electron chi connectivity index (χ1n) is 7.73. The van der Waals surface area contributed by atoms with Crippen LogP contribution in [0.25, 0.3) is 0 Å². The topological polar surface area (TPSA) is 103 Å². The van der Waals surface area contributed by atoms with Crippen molar-refractivity contribution in [2.45, 2.75) is 26.3 Å². The van der Waals surface area contributed by atoms with Gasteiger partial charge in [0.15, 0.2) is 18.1 Å². The van der Waals surface area contributed by atoms with E-state index in [1.54, 1.807) is 13.8 Å². The highest BCUT2D eigenvalue weighted by Gasteiger charge is 2.20. The van der Waals surface area contributed by atoms with Crippen molar-refractivity contribution in [2.24, 2.45) is 0 Å². The highest BCUT2D eigenvalue weighted by molar-refractivity contribution is 6.32. The third-order valence-corrected chi connectivity index (χ3v) is 3.33. The molecule has 1 aromatic rings. The van der Waals surface area contributed by atoms with Gasteiger partial charge in [0, 0.05) is 12.5 Å². The highest BCUT2D eigenvalue weighted by atomic mass is 35.5. The molecule has 1 heterocycles. The first-order chi connectivity index (χ1) is 11.9. The third kappa shape index (κ3) is 5.53. The zero-order valence-electron chi connectivity index (χ0n) is 13.9. The Morgan fingerprint density at radius 3 is 2.68 bits per heavy atom. The zero-order valence-corrected chi connectivity index (χ0v) is 14.6. The number of carbonyl (C=O) groups is 3. The van der Waals surface area contributed by atoms with E-state index in [0.29, 0.717) is 31.1 Å². The van der Waals surface area contributed by atoms with Crippen LogP contribution in [0.2, 0.25) is 5.02 Å². The fourth-order valence-electron chi connectivity index (χ4n) is 2.02. The first kappa shape index (κ1) is 18.9. The number of hydrogen-bond donors (Lipinski definition) is 2. The van der Waals surface area contributed by atoms with Gasteiger partial charge < -0.3 is 19.5 Å². The molecule has 0 aliphatic carbocycles. The number of rotatable bonds is 4. The molecule has 9 heteroatoms. The van der Waals surface area contributed by atoms with Crippen molar-refractivity contribution >= 4 is 29.5 Å². The molecule has 8 nitrogen and oxygen atoms in total. The third-order valence-electron chi connectivity index (χ3n) is 3.04. The van der Waals surface area contributed by atoms with Gasteiger partial charge in [-0.05, 0) is 26.0 Å². The van der Waals surface area contributed by atoms with E-state index in [0.717, 1.165) is 0 Å². The van der Waals surface area contributed by atoms with Crippen molar-refractivity contribution in [1.82, 2.24) is 10.6 Å². The van der Waals surface area contributed by atoms with E-state index in [1.807, 2.05) is 0 Å². The predicted octanol–water partition coefficient (Wildman–Crippen LogP) is 1.89. The van der Waals surface area contributed by atoms with Crippen molar-refractivity contribution in [3.8, 4) is 11.5 Å². The standard InChI is InChI=1S/C16H19ClN2O6/c1-9(2)18-16(22)19-13(20)8-25-15(21)10-6-11(17)14-12(7-10)23-4-3-5-24-14/h6-7,9H,3-5,8H2,1-2H3,(H2,18,19,20,22). The summed E-state index contributed by atoms with van der Waals surface area (Å²) >= 11 is 6.10. The summed E-state index contributed by atoms with van der Waals surface area (Å²) in [6.45, 7) is 3.80.